The topological polar surface area (TPSA) is 102 Å². The van der Waals surface area contributed by atoms with Crippen LogP contribution in [0.2, 0.25) is 0 Å². The number of nitro groups is 1. The fourth-order valence-corrected chi connectivity index (χ4v) is 5.42. The second kappa shape index (κ2) is 8.53. The molecular formula is C18H27N3O5S. The molecule has 1 heterocycles. The minimum atomic E-state index is -3.72. The van der Waals surface area contributed by atoms with Crippen molar-refractivity contribution in [1.82, 2.24) is 4.31 Å². The largest absolute Gasteiger partial charge is 0.381 e. The first-order chi connectivity index (χ1) is 12.9. The summed E-state index contributed by atoms with van der Waals surface area (Å²) >= 11 is 0. The van der Waals surface area contributed by atoms with Crippen molar-refractivity contribution in [3.05, 3.63) is 28.3 Å². The van der Waals surface area contributed by atoms with Crippen LogP contribution in [0.3, 0.4) is 0 Å². The van der Waals surface area contributed by atoms with Gasteiger partial charge in [0.05, 0.1) is 15.9 Å². The lowest BCUT2D eigenvalue weighted by Crippen LogP contribution is -2.32. The van der Waals surface area contributed by atoms with Crippen molar-refractivity contribution in [1.29, 1.82) is 0 Å². The van der Waals surface area contributed by atoms with Gasteiger partial charge in [0, 0.05) is 32.3 Å². The van der Waals surface area contributed by atoms with Gasteiger partial charge in [0.1, 0.15) is 5.69 Å². The molecule has 0 radical (unpaired) electrons. The zero-order chi connectivity index (χ0) is 19.4. The number of nitrogens with one attached hydrogen (secondary N) is 1. The molecule has 1 aromatic rings. The number of benzene rings is 1. The number of nitro benzene ring substituents is 1. The Morgan fingerprint density at radius 2 is 1.89 bits per heavy atom. The Kier molecular flexibility index (Phi) is 6.33. The van der Waals surface area contributed by atoms with Gasteiger partial charge in [-0.05, 0) is 44.2 Å². The van der Waals surface area contributed by atoms with Gasteiger partial charge in [-0.1, -0.05) is 12.8 Å². The number of hydrogen-bond donors (Lipinski definition) is 1. The third-order valence-corrected chi connectivity index (χ3v) is 7.34. The SMILES string of the molecule is COC1CCC(Nc2ccc(S(=O)(=O)N3CCCCCC3)cc2[N+](=O)[O-])C1. The molecule has 1 aromatic carbocycles. The molecular weight excluding hydrogens is 370 g/mol. The van der Waals surface area contributed by atoms with Gasteiger partial charge in [-0.25, -0.2) is 8.42 Å². The lowest BCUT2D eigenvalue weighted by atomic mass is 10.2. The highest BCUT2D eigenvalue weighted by molar-refractivity contribution is 7.89. The van der Waals surface area contributed by atoms with Crippen LogP contribution in [0.15, 0.2) is 23.1 Å². The molecule has 0 spiro atoms. The van der Waals surface area contributed by atoms with E-state index in [9.17, 15) is 18.5 Å². The van der Waals surface area contributed by atoms with E-state index >= 15 is 0 Å². The molecule has 0 aromatic heterocycles. The summed E-state index contributed by atoms with van der Waals surface area (Å²) in [5, 5.41) is 14.8. The maximum absolute atomic E-state index is 12.9. The van der Waals surface area contributed by atoms with E-state index in [1.807, 2.05) is 0 Å². The normalized spacial score (nSPS) is 24.5. The van der Waals surface area contributed by atoms with Crippen LogP contribution in [0.5, 0.6) is 0 Å². The molecule has 1 aliphatic carbocycles. The molecule has 1 saturated carbocycles. The molecule has 1 N–H and O–H groups in total. The van der Waals surface area contributed by atoms with Crippen LogP contribution in [0.1, 0.15) is 44.9 Å². The molecule has 0 amide bonds. The lowest BCUT2D eigenvalue weighted by molar-refractivity contribution is -0.384. The Bertz CT molecular complexity index is 775. The van der Waals surface area contributed by atoms with E-state index in [4.69, 9.17) is 4.74 Å². The van der Waals surface area contributed by atoms with Gasteiger partial charge in [0.15, 0.2) is 0 Å². The third-order valence-electron chi connectivity index (χ3n) is 5.45. The smallest absolute Gasteiger partial charge is 0.293 e. The second-order valence-electron chi connectivity index (χ2n) is 7.27. The molecule has 8 nitrogen and oxygen atoms in total. The Labute approximate surface area is 160 Å². The third kappa shape index (κ3) is 4.59. The molecule has 150 valence electrons. The van der Waals surface area contributed by atoms with Gasteiger partial charge in [0.25, 0.3) is 5.69 Å². The number of hydrogen-bond acceptors (Lipinski definition) is 6. The number of anilines is 1. The first kappa shape index (κ1) is 20.0. The molecule has 2 fully saturated rings. The van der Waals surface area contributed by atoms with E-state index in [2.05, 4.69) is 5.32 Å². The Morgan fingerprint density at radius 3 is 2.48 bits per heavy atom. The van der Waals surface area contributed by atoms with Crippen LogP contribution in [0.25, 0.3) is 0 Å². The van der Waals surface area contributed by atoms with Gasteiger partial charge in [-0.3, -0.25) is 10.1 Å². The van der Waals surface area contributed by atoms with Crippen LogP contribution in [-0.2, 0) is 14.8 Å². The van der Waals surface area contributed by atoms with Crippen molar-refractivity contribution in [2.45, 2.75) is 62.0 Å². The van der Waals surface area contributed by atoms with Gasteiger partial charge >= 0.3 is 0 Å². The molecule has 3 rings (SSSR count). The molecule has 1 aliphatic heterocycles. The molecule has 0 bridgehead atoms. The number of rotatable bonds is 6. The zero-order valence-electron chi connectivity index (χ0n) is 15.6. The van der Waals surface area contributed by atoms with Crippen molar-refractivity contribution in [3.63, 3.8) is 0 Å². The summed E-state index contributed by atoms with van der Waals surface area (Å²) in [4.78, 5) is 11.0. The number of ether oxygens (including phenoxy) is 1. The highest BCUT2D eigenvalue weighted by Crippen LogP contribution is 2.33. The average Bonchev–Trinajstić information content (AvgIpc) is 2.91. The van der Waals surface area contributed by atoms with E-state index in [1.165, 1.54) is 22.5 Å². The maximum atomic E-state index is 12.9. The summed E-state index contributed by atoms with van der Waals surface area (Å²) in [5.74, 6) is 0. The van der Waals surface area contributed by atoms with E-state index < -0.39 is 14.9 Å². The second-order valence-corrected chi connectivity index (χ2v) is 9.20. The van der Waals surface area contributed by atoms with Crippen LogP contribution in [-0.4, -0.2) is 50.0 Å². The Morgan fingerprint density at radius 1 is 1.19 bits per heavy atom. The fraction of sp³-hybridized carbons (Fsp3) is 0.667. The summed E-state index contributed by atoms with van der Waals surface area (Å²) in [5.41, 5.74) is 0.156. The van der Waals surface area contributed by atoms with Crippen LogP contribution in [0.4, 0.5) is 11.4 Å². The predicted molar refractivity (Wildman–Crippen MR) is 102 cm³/mol. The number of nitrogens with zero attached hydrogens (tertiary/aromatic N) is 2. The van der Waals surface area contributed by atoms with E-state index in [0.29, 0.717) is 18.8 Å². The minimum Gasteiger partial charge on any atom is -0.381 e. The zero-order valence-corrected chi connectivity index (χ0v) is 16.4. The van der Waals surface area contributed by atoms with Crippen LogP contribution >= 0.6 is 0 Å². The van der Waals surface area contributed by atoms with E-state index in [0.717, 1.165) is 44.9 Å². The highest BCUT2D eigenvalue weighted by atomic mass is 32.2. The Balaban J connectivity index is 1.83. The average molecular weight is 397 g/mol. The Hall–Kier alpha value is -1.71. The predicted octanol–water partition coefficient (Wildman–Crippen LogP) is 3.14. The summed E-state index contributed by atoms with van der Waals surface area (Å²) in [6.45, 7) is 0.938. The van der Waals surface area contributed by atoms with Crippen molar-refractivity contribution < 1.29 is 18.1 Å². The summed E-state index contributed by atoms with van der Waals surface area (Å²) in [6, 6.07) is 4.26. The fourth-order valence-electron chi connectivity index (χ4n) is 3.88. The minimum absolute atomic E-state index is 0.0113. The van der Waals surface area contributed by atoms with Crippen LogP contribution in [0, 0.1) is 10.1 Å². The molecule has 1 saturated heterocycles. The molecule has 2 unspecified atom stereocenters. The first-order valence-corrected chi connectivity index (χ1v) is 10.9. The number of sulfonamides is 1. The van der Waals surface area contributed by atoms with Gasteiger partial charge in [-0.2, -0.15) is 4.31 Å². The van der Waals surface area contributed by atoms with Crippen molar-refractivity contribution in [2.75, 3.05) is 25.5 Å². The standard InChI is InChI=1S/C18H27N3O5S/c1-26-15-7-6-14(12-15)19-17-9-8-16(13-18(17)21(22)23)27(24,25)20-10-4-2-3-5-11-20/h8-9,13-15,19H,2-7,10-12H2,1H3. The van der Waals surface area contributed by atoms with Crippen molar-refractivity contribution >= 4 is 21.4 Å². The van der Waals surface area contributed by atoms with Crippen LogP contribution < -0.4 is 5.32 Å². The maximum Gasteiger partial charge on any atom is 0.293 e. The molecule has 9 heteroatoms. The van der Waals surface area contributed by atoms with E-state index in [1.54, 1.807) is 7.11 Å². The first-order valence-electron chi connectivity index (χ1n) is 9.49. The summed E-state index contributed by atoms with van der Waals surface area (Å²) < 4.78 is 32.6. The van der Waals surface area contributed by atoms with Gasteiger partial charge in [0.2, 0.25) is 10.0 Å². The molecule has 2 atom stereocenters. The molecule has 2 aliphatic rings. The monoisotopic (exact) mass is 397 g/mol. The van der Waals surface area contributed by atoms with Gasteiger partial charge < -0.3 is 10.1 Å². The highest BCUT2D eigenvalue weighted by Gasteiger charge is 2.30. The summed E-state index contributed by atoms with van der Waals surface area (Å²) in [6.07, 6.45) is 6.38. The number of methoxy groups -OCH3 is 1. The lowest BCUT2D eigenvalue weighted by Gasteiger charge is -2.20. The van der Waals surface area contributed by atoms with Gasteiger partial charge in [-0.15, -0.1) is 0 Å². The quantitative estimate of drug-likeness (QED) is 0.584. The van der Waals surface area contributed by atoms with Crippen molar-refractivity contribution in [3.8, 4) is 0 Å². The van der Waals surface area contributed by atoms with Crippen molar-refractivity contribution in [2.24, 2.45) is 0 Å². The summed E-state index contributed by atoms with van der Waals surface area (Å²) in [7, 11) is -2.05. The molecule has 27 heavy (non-hydrogen) atoms. The van der Waals surface area contributed by atoms with E-state index in [-0.39, 0.29) is 22.7 Å².